The van der Waals surface area contributed by atoms with Crippen LogP contribution in [0.1, 0.15) is 137 Å². The third-order valence-corrected chi connectivity index (χ3v) is 32.0. The molecule has 0 heterocycles. The van der Waals surface area contributed by atoms with E-state index in [1.807, 2.05) is 15.4 Å². The molecule has 1 aliphatic carbocycles. The molecule has 0 spiro atoms. The van der Waals surface area contributed by atoms with Crippen molar-refractivity contribution in [3.8, 4) is 11.1 Å². The fourth-order valence-electron chi connectivity index (χ4n) is 7.81. The monoisotopic (exact) mass is 755 g/mol. The molecule has 0 saturated heterocycles. The summed E-state index contributed by atoms with van der Waals surface area (Å²) in [7, 11) is 0. The van der Waals surface area contributed by atoms with Crippen LogP contribution in [-0.4, -0.2) is 13.2 Å². The van der Waals surface area contributed by atoms with E-state index in [-0.39, 0.29) is 6.65 Å². The number of unbranched alkanes of at least 4 members (excludes halogenated alkanes) is 15. The molecule has 0 radical (unpaired) electrons. The smallest absolute Gasteiger partial charge is 0.0184 e. The van der Waals surface area contributed by atoms with E-state index in [4.69, 9.17) is 0 Å². The van der Waals surface area contributed by atoms with Gasteiger partial charge in [-0.25, -0.2) is 0 Å². The van der Waals surface area contributed by atoms with Gasteiger partial charge in [-0.1, -0.05) is 106 Å². The molecular formula is C46H71NSiZr. The van der Waals surface area contributed by atoms with Crippen molar-refractivity contribution in [1.82, 2.24) is 3.26 Å². The Balaban J connectivity index is 0.000000449. The Morgan fingerprint density at radius 3 is 1.31 bits per heavy atom. The number of benzene rings is 3. The molecule has 0 amide bonds. The van der Waals surface area contributed by atoms with Gasteiger partial charge < -0.3 is 0 Å². The molecule has 0 bridgehead atoms. The van der Waals surface area contributed by atoms with Crippen LogP contribution >= 0.6 is 0 Å². The molecule has 2 unspecified atom stereocenters. The van der Waals surface area contributed by atoms with Crippen LogP contribution in [0.15, 0.2) is 111 Å². The van der Waals surface area contributed by atoms with Crippen molar-refractivity contribution in [1.29, 1.82) is 0 Å². The fraction of sp³-hybridized carbons (Fsp3) is 0.522. The molecule has 3 heteroatoms. The maximum atomic E-state index is 4.33. The van der Waals surface area contributed by atoms with Gasteiger partial charge in [0.25, 0.3) is 0 Å². The van der Waals surface area contributed by atoms with Crippen LogP contribution in [-0.2, 0) is 19.7 Å². The molecule has 4 rings (SSSR count). The molecular weight excluding hydrogens is 686 g/mol. The maximum Gasteiger partial charge on any atom is -0.0184 e. The van der Waals surface area contributed by atoms with Crippen molar-refractivity contribution in [3.05, 3.63) is 111 Å². The standard InChI is InChI=1S/C18H38N.C12H10.C9H13.C6H7Si.CH3.Zr/c1-2-3-4-5-6-7-8-9-10-11-12-13-14-15-16-17-18-19;1-3-7-11(8-4-1)12-9-5-2-6-10-12;1-6-5-7(2)9(4)8(6)3;7-6-4-2-1-3-5-6;;/h19H,2-18H2,1H3;1-10H;6H,1-4H3;1-5H,7H2;1H3;/q-1;;;;;+1. The molecule has 268 valence electrons. The Labute approximate surface area is 309 Å². The van der Waals surface area contributed by atoms with Crippen LogP contribution in [0.25, 0.3) is 11.1 Å². The summed E-state index contributed by atoms with van der Waals surface area (Å²) in [6.45, 7) is 12.9. The first-order chi connectivity index (χ1) is 23.9. The molecule has 0 aliphatic heterocycles. The zero-order valence-corrected chi connectivity index (χ0v) is 36.3. The van der Waals surface area contributed by atoms with Crippen LogP contribution < -0.4 is 8.45 Å². The van der Waals surface area contributed by atoms with E-state index in [1.54, 1.807) is 21.9 Å². The van der Waals surface area contributed by atoms with Gasteiger partial charge in [-0.15, -0.1) is 0 Å². The molecule has 3 aromatic rings. The van der Waals surface area contributed by atoms with Crippen molar-refractivity contribution in [3.63, 3.8) is 0 Å². The molecule has 1 N–H and O–H groups in total. The number of hydrogen-bond donors (Lipinski definition) is 1. The largest absolute Gasteiger partial charge is 0.0622 e. The van der Waals surface area contributed by atoms with Crippen molar-refractivity contribution in [2.75, 3.05) is 6.54 Å². The van der Waals surface area contributed by atoms with Gasteiger partial charge in [-0.05, 0) is 11.1 Å². The summed E-state index contributed by atoms with van der Waals surface area (Å²) in [6, 6.07) is 32.3. The number of hydrogen-bond acceptors (Lipinski definition) is 1. The van der Waals surface area contributed by atoms with Crippen molar-refractivity contribution in [2.45, 2.75) is 142 Å². The predicted molar refractivity (Wildman–Crippen MR) is 220 cm³/mol. The Morgan fingerprint density at radius 2 is 0.918 bits per heavy atom. The van der Waals surface area contributed by atoms with Gasteiger partial charge in [-0.3, -0.25) is 0 Å². The average Bonchev–Trinajstić information content (AvgIpc) is 3.33. The molecule has 0 fully saturated rings. The summed E-state index contributed by atoms with van der Waals surface area (Å²) in [4.78, 5) is 0. The minimum Gasteiger partial charge on any atom is -0.0622 e. The molecule has 1 aliphatic rings. The van der Waals surface area contributed by atoms with Crippen molar-refractivity contribution < 1.29 is 19.7 Å². The van der Waals surface area contributed by atoms with Crippen LogP contribution in [0, 0.1) is 5.92 Å². The number of allylic oxidation sites excluding steroid dienone is 4. The molecule has 0 aromatic heterocycles. The normalized spacial score (nSPS) is 15.9. The molecule has 1 nitrogen and oxygen atoms in total. The van der Waals surface area contributed by atoms with Crippen molar-refractivity contribution >= 4 is 11.8 Å². The molecule has 2 atom stereocenters. The SMILES string of the molecule is CCCCCCCCCCCCCCCCCC[NH][Zr]([CH3])([SiH2]c1ccccc1)[C]1=C(C)C(C)=C(C)C1C.c1ccc(-c2ccccc2)cc1. The summed E-state index contributed by atoms with van der Waals surface area (Å²) in [5, 5.41) is 1.66. The van der Waals surface area contributed by atoms with E-state index in [1.165, 1.54) is 120 Å². The van der Waals surface area contributed by atoms with Crippen LogP contribution in [0.4, 0.5) is 0 Å². The minimum absolute atomic E-state index is 0.285. The maximum absolute atomic E-state index is 4.33. The quantitative estimate of drug-likeness (QED) is 0.0795. The van der Waals surface area contributed by atoms with E-state index in [0.717, 1.165) is 0 Å². The molecule has 49 heavy (non-hydrogen) atoms. The first-order valence-electron chi connectivity index (χ1n) is 20.2. The Bertz CT molecular complexity index is 1310. The second-order valence-corrected chi connectivity index (χ2v) is 35.9. The zero-order chi connectivity index (χ0) is 35.2. The third kappa shape index (κ3) is 15.1. The predicted octanol–water partition coefficient (Wildman–Crippen LogP) is 13.0. The Kier molecular flexibility index (Phi) is 20.7. The van der Waals surface area contributed by atoms with Gasteiger partial charge >= 0.3 is 194 Å². The van der Waals surface area contributed by atoms with E-state index in [0.29, 0.717) is 5.92 Å². The molecule has 3 aromatic carbocycles. The van der Waals surface area contributed by atoms with Gasteiger partial charge in [0, 0.05) is 0 Å². The fourth-order valence-corrected chi connectivity index (χ4v) is 31.6. The van der Waals surface area contributed by atoms with E-state index < -0.39 is 19.7 Å². The Morgan fingerprint density at radius 1 is 0.531 bits per heavy atom. The van der Waals surface area contributed by atoms with Gasteiger partial charge in [-0.2, -0.15) is 0 Å². The molecule has 0 saturated carbocycles. The summed E-state index contributed by atoms with van der Waals surface area (Å²) in [5.41, 5.74) is 7.40. The second-order valence-electron chi connectivity index (χ2n) is 15.0. The third-order valence-electron chi connectivity index (χ3n) is 11.1. The van der Waals surface area contributed by atoms with Gasteiger partial charge in [0.05, 0.1) is 0 Å². The minimum atomic E-state index is -2.57. The Hall–Kier alpha value is -1.80. The van der Waals surface area contributed by atoms with Crippen LogP contribution in [0.3, 0.4) is 0 Å². The van der Waals surface area contributed by atoms with Crippen molar-refractivity contribution in [2.24, 2.45) is 5.92 Å². The summed E-state index contributed by atoms with van der Waals surface area (Å²) < 4.78 is 8.93. The summed E-state index contributed by atoms with van der Waals surface area (Å²) in [6.07, 6.45) is 23.1. The first kappa shape index (κ1) is 41.6. The van der Waals surface area contributed by atoms with E-state index in [2.05, 4.69) is 121 Å². The van der Waals surface area contributed by atoms with E-state index >= 15 is 0 Å². The first-order valence-corrected chi connectivity index (χ1v) is 31.7. The van der Waals surface area contributed by atoms with E-state index in [9.17, 15) is 0 Å². The van der Waals surface area contributed by atoms with Crippen LogP contribution in [0.2, 0.25) is 4.63 Å². The summed E-state index contributed by atoms with van der Waals surface area (Å²) in [5.74, 6) is 0.662. The second kappa shape index (κ2) is 24.4. The number of rotatable bonds is 22. The van der Waals surface area contributed by atoms with Gasteiger partial charge in [0.1, 0.15) is 0 Å². The topological polar surface area (TPSA) is 12.0 Å². The average molecular weight is 757 g/mol. The van der Waals surface area contributed by atoms with Gasteiger partial charge in [0.2, 0.25) is 0 Å². The zero-order valence-electron chi connectivity index (χ0n) is 32.5. The van der Waals surface area contributed by atoms with Crippen LogP contribution in [0.5, 0.6) is 0 Å². The number of nitrogens with one attached hydrogen (secondary N) is 1. The summed E-state index contributed by atoms with van der Waals surface area (Å²) >= 11 is -2.57. The van der Waals surface area contributed by atoms with Gasteiger partial charge in [0.15, 0.2) is 0 Å².